The molecule has 5 rings (SSSR count). The van der Waals surface area contributed by atoms with Gasteiger partial charge in [-0.2, -0.15) is 0 Å². The number of amides is 1. The molecular formula is C24H26N6O3. The lowest BCUT2D eigenvalue weighted by Gasteiger charge is -2.44. The average Bonchev–Trinajstić information content (AvgIpc) is 3.38. The van der Waals surface area contributed by atoms with Crippen molar-refractivity contribution < 1.29 is 14.3 Å². The van der Waals surface area contributed by atoms with Crippen molar-refractivity contribution in [2.45, 2.75) is 19.8 Å². The van der Waals surface area contributed by atoms with Crippen LogP contribution < -0.4 is 10.1 Å². The molecule has 1 atom stereocenters. The number of likely N-dealkylation sites (tertiary alicyclic amines) is 2. The summed E-state index contributed by atoms with van der Waals surface area (Å²) in [6, 6.07) is 11.0. The summed E-state index contributed by atoms with van der Waals surface area (Å²) in [6.45, 7) is 7.97. The van der Waals surface area contributed by atoms with Crippen LogP contribution >= 0.6 is 0 Å². The third-order valence-electron chi connectivity index (χ3n) is 6.22. The summed E-state index contributed by atoms with van der Waals surface area (Å²) < 4.78 is 7.53. The van der Waals surface area contributed by atoms with Crippen molar-refractivity contribution in [3.05, 3.63) is 60.6 Å². The fourth-order valence-corrected chi connectivity index (χ4v) is 4.65. The first-order chi connectivity index (χ1) is 15.8. The molecule has 2 aliphatic heterocycles. The quantitative estimate of drug-likeness (QED) is 0.558. The molecule has 2 aromatic heterocycles. The summed E-state index contributed by atoms with van der Waals surface area (Å²) in [5, 5.41) is 7.72. The Kier molecular flexibility index (Phi) is 5.03. The van der Waals surface area contributed by atoms with Gasteiger partial charge >= 0.3 is 0 Å². The number of β-lactam (4-membered cyclic amide) rings is 1. The first-order valence-electron chi connectivity index (χ1n) is 10.9. The summed E-state index contributed by atoms with van der Waals surface area (Å²) in [7, 11) is 1.84. The molecule has 1 spiro atoms. The van der Waals surface area contributed by atoms with Crippen molar-refractivity contribution in [1.82, 2.24) is 24.4 Å². The molecule has 2 aliphatic rings. The zero-order chi connectivity index (χ0) is 23.2. The highest BCUT2D eigenvalue weighted by Gasteiger charge is 2.54. The monoisotopic (exact) mass is 446 g/mol. The molecule has 2 saturated heterocycles. The van der Waals surface area contributed by atoms with Gasteiger partial charge in [-0.25, -0.2) is 9.50 Å². The Bertz CT molecular complexity index is 1270. The second kappa shape index (κ2) is 7.91. The molecule has 0 aliphatic carbocycles. The summed E-state index contributed by atoms with van der Waals surface area (Å²) >= 11 is 0. The van der Waals surface area contributed by atoms with Gasteiger partial charge in [-0.15, -0.1) is 5.10 Å². The predicted octanol–water partition coefficient (Wildman–Crippen LogP) is 2.70. The maximum absolute atomic E-state index is 12.3. The van der Waals surface area contributed by atoms with Gasteiger partial charge in [-0.1, -0.05) is 18.7 Å². The number of ketones is 1. The van der Waals surface area contributed by atoms with E-state index in [9.17, 15) is 9.59 Å². The molecule has 0 radical (unpaired) electrons. The molecule has 1 unspecified atom stereocenters. The summed E-state index contributed by atoms with van der Waals surface area (Å²) in [5.41, 5.74) is 1.30. The van der Waals surface area contributed by atoms with E-state index in [1.54, 1.807) is 28.6 Å². The van der Waals surface area contributed by atoms with Crippen molar-refractivity contribution >= 4 is 23.2 Å². The largest absolute Gasteiger partial charge is 0.438 e. The number of imidazole rings is 1. The number of benzene rings is 1. The second-order valence-electron chi connectivity index (χ2n) is 8.91. The van der Waals surface area contributed by atoms with Crippen molar-refractivity contribution in [2.75, 3.05) is 32.0 Å². The van der Waals surface area contributed by atoms with Crippen LogP contribution in [-0.2, 0) is 16.0 Å². The van der Waals surface area contributed by atoms with E-state index in [1.807, 2.05) is 37.4 Å². The lowest BCUT2D eigenvalue weighted by molar-refractivity contribution is -0.156. The molecule has 4 heterocycles. The highest BCUT2D eigenvalue weighted by atomic mass is 16.5. The van der Waals surface area contributed by atoms with E-state index in [4.69, 9.17) is 4.74 Å². The number of carbonyl (C=O) groups is 2. The van der Waals surface area contributed by atoms with E-state index >= 15 is 0 Å². The highest BCUT2D eigenvalue weighted by molar-refractivity contribution is 5.89. The molecule has 3 aromatic rings. The highest BCUT2D eigenvalue weighted by Crippen LogP contribution is 2.41. The Morgan fingerprint density at radius 1 is 1.27 bits per heavy atom. The van der Waals surface area contributed by atoms with Crippen molar-refractivity contribution in [2.24, 2.45) is 5.41 Å². The van der Waals surface area contributed by atoms with Crippen LogP contribution in [-0.4, -0.2) is 62.8 Å². The number of Topliss-reactive ketones (excluding diaryl/α,β-unsaturated/α-hetero) is 1. The zero-order valence-corrected chi connectivity index (χ0v) is 18.7. The molecule has 9 heteroatoms. The van der Waals surface area contributed by atoms with Gasteiger partial charge in [0, 0.05) is 39.2 Å². The lowest BCUT2D eigenvalue weighted by atomic mass is 9.78. The normalized spacial score (nSPS) is 19.8. The van der Waals surface area contributed by atoms with Gasteiger partial charge in [0.1, 0.15) is 11.5 Å². The number of ether oxygens (including phenoxy) is 1. The Balaban J connectivity index is 1.26. The van der Waals surface area contributed by atoms with Crippen molar-refractivity contribution in [3.8, 4) is 11.6 Å². The fraction of sp³-hybridized carbons (Fsp3) is 0.333. The second-order valence-corrected chi connectivity index (χ2v) is 8.91. The third kappa shape index (κ3) is 4.02. The topological polar surface area (TPSA) is 92.1 Å². The van der Waals surface area contributed by atoms with Gasteiger partial charge in [0.2, 0.25) is 11.8 Å². The molecule has 33 heavy (non-hydrogen) atoms. The summed E-state index contributed by atoms with van der Waals surface area (Å²) in [4.78, 5) is 32.1. The van der Waals surface area contributed by atoms with E-state index in [0.717, 1.165) is 30.9 Å². The number of fused-ring (bicyclic) bond motifs is 1. The summed E-state index contributed by atoms with van der Waals surface area (Å²) in [5.74, 6) is 2.69. The van der Waals surface area contributed by atoms with Crippen LogP contribution in [0.3, 0.4) is 0 Å². The van der Waals surface area contributed by atoms with E-state index in [1.165, 1.54) is 0 Å². The third-order valence-corrected chi connectivity index (χ3v) is 6.22. The van der Waals surface area contributed by atoms with E-state index in [0.29, 0.717) is 36.1 Å². The van der Waals surface area contributed by atoms with Gasteiger partial charge in [-0.05, 0) is 37.1 Å². The molecule has 0 bridgehead atoms. The minimum atomic E-state index is -0.256. The van der Waals surface area contributed by atoms with Crippen LogP contribution in [0.15, 0.2) is 55.0 Å². The maximum atomic E-state index is 12.3. The van der Waals surface area contributed by atoms with E-state index in [-0.39, 0.29) is 17.1 Å². The van der Waals surface area contributed by atoms with Crippen LogP contribution in [0.2, 0.25) is 0 Å². The van der Waals surface area contributed by atoms with Crippen LogP contribution in [0.25, 0.3) is 5.65 Å². The minimum Gasteiger partial charge on any atom is -0.438 e. The minimum absolute atomic E-state index is 0.0995. The fourth-order valence-electron chi connectivity index (χ4n) is 4.65. The number of rotatable bonds is 7. The van der Waals surface area contributed by atoms with E-state index < -0.39 is 0 Å². The number of carbonyl (C=O) groups excluding carboxylic acids is 2. The number of nitrogens with zero attached hydrogens (tertiary/aromatic N) is 5. The standard InChI is InChI=1S/C24H26N6O3/c1-16(31)11-18-5-4-6-19(12-18)33-22-8-7-21-26-20(13-30(21)27-22)25-17(2)29-10-9-24(15-29)14-28(3)23(24)32/h4-8,12-13,25H,2,9-11,14-15H2,1,3H3. The van der Waals surface area contributed by atoms with E-state index in [2.05, 4.69) is 26.9 Å². The Morgan fingerprint density at radius 3 is 2.88 bits per heavy atom. The molecule has 1 aromatic carbocycles. The van der Waals surface area contributed by atoms with Gasteiger partial charge in [-0.3, -0.25) is 9.59 Å². The van der Waals surface area contributed by atoms with Crippen molar-refractivity contribution in [3.63, 3.8) is 0 Å². The zero-order valence-electron chi connectivity index (χ0n) is 18.7. The summed E-state index contributed by atoms with van der Waals surface area (Å²) in [6.07, 6.45) is 2.98. The number of hydrogen-bond acceptors (Lipinski definition) is 7. The van der Waals surface area contributed by atoms with Crippen molar-refractivity contribution in [1.29, 1.82) is 0 Å². The Morgan fingerprint density at radius 2 is 2.12 bits per heavy atom. The van der Waals surface area contributed by atoms with Gasteiger partial charge in [0.15, 0.2) is 11.5 Å². The number of hydrogen-bond donors (Lipinski definition) is 1. The number of anilines is 1. The Labute approximate surface area is 191 Å². The van der Waals surface area contributed by atoms with Crippen LogP contribution in [0.1, 0.15) is 18.9 Å². The first-order valence-corrected chi connectivity index (χ1v) is 10.9. The average molecular weight is 447 g/mol. The lowest BCUT2D eigenvalue weighted by Crippen LogP contribution is -2.60. The molecule has 170 valence electrons. The van der Waals surface area contributed by atoms with Crippen LogP contribution in [0.4, 0.5) is 5.82 Å². The van der Waals surface area contributed by atoms with Gasteiger partial charge in [0.25, 0.3) is 0 Å². The number of aromatic nitrogens is 3. The van der Waals surface area contributed by atoms with Crippen LogP contribution in [0.5, 0.6) is 11.6 Å². The molecule has 1 N–H and O–H groups in total. The predicted molar refractivity (Wildman–Crippen MR) is 123 cm³/mol. The first kappa shape index (κ1) is 21.0. The Hall–Kier alpha value is -3.88. The smallest absolute Gasteiger partial charge is 0.237 e. The van der Waals surface area contributed by atoms with Gasteiger partial charge < -0.3 is 19.9 Å². The maximum Gasteiger partial charge on any atom is 0.237 e. The van der Waals surface area contributed by atoms with Gasteiger partial charge in [0.05, 0.1) is 17.4 Å². The molecule has 1 amide bonds. The molecule has 9 nitrogen and oxygen atoms in total. The molecule has 2 fully saturated rings. The van der Waals surface area contributed by atoms with Crippen LogP contribution in [0, 0.1) is 5.41 Å². The molecular weight excluding hydrogens is 420 g/mol. The molecule has 0 saturated carbocycles. The number of nitrogens with one attached hydrogen (secondary N) is 1. The SMILES string of the molecule is C=C(Nc1cn2nc(Oc3cccc(CC(C)=O)c3)ccc2n1)N1CCC2(CN(C)C2=O)C1.